The van der Waals surface area contributed by atoms with Gasteiger partial charge in [0.1, 0.15) is 5.75 Å². The first-order valence-corrected chi connectivity index (χ1v) is 10.4. The average molecular weight is 459 g/mol. The van der Waals surface area contributed by atoms with Gasteiger partial charge in [0.25, 0.3) is 0 Å². The van der Waals surface area contributed by atoms with Gasteiger partial charge in [-0.1, -0.05) is 0 Å². The number of nitrogens with zero attached hydrogens (tertiary/aromatic N) is 1. The Bertz CT molecular complexity index is 1160. The lowest BCUT2D eigenvalue weighted by atomic mass is 9.50. The van der Waals surface area contributed by atoms with Crippen molar-refractivity contribution in [1.29, 1.82) is 0 Å². The van der Waals surface area contributed by atoms with E-state index in [0.717, 1.165) is 0 Å². The number of hydrogen-bond acceptors (Lipinski definition) is 10. The fourth-order valence-electron chi connectivity index (χ4n) is 5.78. The van der Waals surface area contributed by atoms with Crippen LogP contribution in [0.5, 0.6) is 5.75 Å². The minimum absolute atomic E-state index is 0.0622. The van der Waals surface area contributed by atoms with Crippen LogP contribution in [-0.2, 0) is 24.8 Å². The van der Waals surface area contributed by atoms with Crippen molar-refractivity contribution >= 4 is 40.4 Å². The predicted octanol–water partition coefficient (Wildman–Crippen LogP) is -1.36. The highest BCUT2D eigenvalue weighted by Crippen LogP contribution is 2.57. The standard InChI is InChI=1S/C22H25N3O8/c1-21(32)8-4-7-5-11(26)13(20(24)31)19(30)22(7,33)18(29)12(8)17(28)14-15(21)10(25(2)3)6-9(23)16(14)27/h6-8,12-13,27,32-33H,4-5,23H2,1-3H3,(H2,24,31)/t7-,8-,12?,13?,21+,22-/m0/s1. The Morgan fingerprint density at radius 1 is 1.15 bits per heavy atom. The summed E-state index contributed by atoms with van der Waals surface area (Å²) in [6.45, 7) is 1.37. The number of aromatic hydroxyl groups is 1. The molecule has 1 aromatic rings. The van der Waals surface area contributed by atoms with Gasteiger partial charge in [-0.2, -0.15) is 0 Å². The first-order chi connectivity index (χ1) is 15.2. The molecule has 1 amide bonds. The first kappa shape index (κ1) is 22.9. The van der Waals surface area contributed by atoms with Gasteiger partial charge in [-0.05, 0) is 19.4 Å². The third-order valence-corrected chi connectivity index (χ3v) is 7.43. The second-order valence-electron chi connectivity index (χ2n) is 9.51. The Kier molecular flexibility index (Phi) is 4.74. The number of nitrogen functional groups attached to an aromatic ring is 1. The molecule has 11 heteroatoms. The highest BCUT2D eigenvalue weighted by molar-refractivity contribution is 6.31. The molecule has 0 aliphatic heterocycles. The molecule has 0 bridgehead atoms. The molecular weight excluding hydrogens is 434 g/mol. The van der Waals surface area contributed by atoms with Crippen LogP contribution in [0.15, 0.2) is 6.07 Å². The van der Waals surface area contributed by atoms with Crippen molar-refractivity contribution in [1.82, 2.24) is 0 Å². The Labute approximate surface area is 188 Å². The number of ketones is 4. The summed E-state index contributed by atoms with van der Waals surface area (Å²) >= 11 is 0. The minimum Gasteiger partial charge on any atom is -0.505 e. The number of rotatable bonds is 2. The molecule has 2 saturated carbocycles. The zero-order valence-electron chi connectivity index (χ0n) is 18.3. The fraction of sp³-hybridized carbons (Fsp3) is 0.500. The summed E-state index contributed by atoms with van der Waals surface area (Å²) in [5, 5.41) is 33.5. The zero-order valence-corrected chi connectivity index (χ0v) is 18.3. The number of Topliss-reactive ketones (excluding diaryl/α,β-unsaturated/α-hetero) is 4. The van der Waals surface area contributed by atoms with Crippen molar-refractivity contribution in [3.63, 3.8) is 0 Å². The molecule has 2 unspecified atom stereocenters. The summed E-state index contributed by atoms with van der Waals surface area (Å²) in [5.74, 6) is -12.3. The topological polar surface area (TPSA) is 201 Å². The number of anilines is 2. The SMILES string of the molecule is CN(C)c1cc(N)c(O)c2c1[C@](C)(O)[C@H]1C[C@H]3CC(=O)C(C(N)=O)C(=O)[C@@]3(O)C(=O)C1C2=O. The number of benzene rings is 1. The monoisotopic (exact) mass is 459 g/mol. The number of carbonyl (C=O) groups is 5. The molecule has 0 radical (unpaired) electrons. The Balaban J connectivity index is 1.95. The molecule has 4 rings (SSSR count). The van der Waals surface area contributed by atoms with E-state index in [1.54, 1.807) is 19.0 Å². The van der Waals surface area contributed by atoms with Gasteiger partial charge < -0.3 is 31.7 Å². The number of carbonyl (C=O) groups excluding carboxylic acids is 5. The maximum absolute atomic E-state index is 13.6. The van der Waals surface area contributed by atoms with Crippen LogP contribution in [-0.4, -0.2) is 64.1 Å². The van der Waals surface area contributed by atoms with Gasteiger partial charge in [-0.15, -0.1) is 0 Å². The van der Waals surface area contributed by atoms with Crippen LogP contribution < -0.4 is 16.4 Å². The van der Waals surface area contributed by atoms with E-state index in [1.165, 1.54) is 13.0 Å². The summed E-state index contributed by atoms with van der Waals surface area (Å²) in [7, 11) is 3.29. The number of phenolic OH excluding ortho intramolecular Hbond substituents is 1. The molecule has 176 valence electrons. The van der Waals surface area contributed by atoms with E-state index < -0.39 is 76.1 Å². The van der Waals surface area contributed by atoms with Crippen LogP contribution in [0, 0.1) is 23.7 Å². The lowest BCUT2D eigenvalue weighted by molar-refractivity contribution is -0.182. The Morgan fingerprint density at radius 2 is 1.76 bits per heavy atom. The normalized spacial score (nSPS) is 35.5. The van der Waals surface area contributed by atoms with Crippen LogP contribution in [0.25, 0.3) is 0 Å². The van der Waals surface area contributed by atoms with Gasteiger partial charge in [0, 0.05) is 43.6 Å². The van der Waals surface area contributed by atoms with E-state index in [2.05, 4.69) is 0 Å². The van der Waals surface area contributed by atoms with Crippen LogP contribution in [0.4, 0.5) is 11.4 Å². The quantitative estimate of drug-likeness (QED) is 0.200. The number of aliphatic hydroxyl groups is 2. The second kappa shape index (κ2) is 6.84. The van der Waals surface area contributed by atoms with Crippen molar-refractivity contribution < 1.29 is 39.3 Å². The van der Waals surface area contributed by atoms with Gasteiger partial charge in [0.15, 0.2) is 34.7 Å². The number of fused-ring (bicyclic) bond motifs is 3. The van der Waals surface area contributed by atoms with Gasteiger partial charge >= 0.3 is 0 Å². The first-order valence-electron chi connectivity index (χ1n) is 10.4. The van der Waals surface area contributed by atoms with Crippen molar-refractivity contribution in [2.75, 3.05) is 24.7 Å². The van der Waals surface area contributed by atoms with Crippen LogP contribution in [0.3, 0.4) is 0 Å². The number of primary amides is 1. The molecular formula is C22H25N3O8. The van der Waals surface area contributed by atoms with E-state index in [0.29, 0.717) is 5.69 Å². The molecule has 0 spiro atoms. The maximum Gasteiger partial charge on any atom is 0.235 e. The third-order valence-electron chi connectivity index (χ3n) is 7.43. The Hall–Kier alpha value is -3.31. The molecule has 0 saturated heterocycles. The van der Waals surface area contributed by atoms with Crippen LogP contribution in [0.2, 0.25) is 0 Å². The van der Waals surface area contributed by atoms with E-state index in [1.807, 2.05) is 0 Å². The number of hydrogen-bond donors (Lipinski definition) is 5. The smallest absolute Gasteiger partial charge is 0.235 e. The third kappa shape index (κ3) is 2.72. The van der Waals surface area contributed by atoms with Crippen molar-refractivity contribution in [3.05, 3.63) is 17.2 Å². The largest absolute Gasteiger partial charge is 0.505 e. The molecule has 11 nitrogen and oxygen atoms in total. The molecule has 33 heavy (non-hydrogen) atoms. The summed E-state index contributed by atoms with van der Waals surface area (Å²) in [6.07, 6.45) is -0.721. The van der Waals surface area contributed by atoms with E-state index in [9.17, 15) is 39.3 Å². The van der Waals surface area contributed by atoms with Gasteiger partial charge in [-0.25, -0.2) is 0 Å². The van der Waals surface area contributed by atoms with Crippen LogP contribution in [0.1, 0.15) is 35.7 Å². The lowest BCUT2D eigenvalue weighted by Crippen LogP contribution is -2.70. The molecule has 0 heterocycles. The summed E-state index contributed by atoms with van der Waals surface area (Å²) in [5.41, 5.74) is 6.24. The number of amides is 1. The average Bonchev–Trinajstić information content (AvgIpc) is 2.70. The summed E-state index contributed by atoms with van der Waals surface area (Å²) < 4.78 is 0. The predicted molar refractivity (Wildman–Crippen MR) is 113 cm³/mol. The van der Waals surface area contributed by atoms with Gasteiger partial charge in [0.2, 0.25) is 5.91 Å². The van der Waals surface area contributed by atoms with Crippen molar-refractivity contribution in [2.45, 2.75) is 31.0 Å². The highest BCUT2D eigenvalue weighted by Gasteiger charge is 2.69. The van der Waals surface area contributed by atoms with Crippen molar-refractivity contribution in [3.8, 4) is 5.75 Å². The lowest BCUT2D eigenvalue weighted by Gasteiger charge is -2.53. The highest BCUT2D eigenvalue weighted by atomic mass is 16.3. The minimum atomic E-state index is -2.79. The second-order valence-corrected chi connectivity index (χ2v) is 9.51. The molecule has 2 fully saturated rings. The number of nitrogens with two attached hydrogens (primary N) is 2. The van der Waals surface area contributed by atoms with E-state index in [-0.39, 0.29) is 23.2 Å². The van der Waals surface area contributed by atoms with Crippen LogP contribution >= 0.6 is 0 Å². The van der Waals surface area contributed by atoms with Gasteiger partial charge in [0.05, 0.1) is 22.8 Å². The van der Waals surface area contributed by atoms with E-state index >= 15 is 0 Å². The molecule has 1 aromatic carbocycles. The molecule has 3 aliphatic carbocycles. The zero-order chi connectivity index (χ0) is 24.8. The van der Waals surface area contributed by atoms with Gasteiger partial charge in [-0.3, -0.25) is 24.0 Å². The molecule has 6 atom stereocenters. The molecule has 0 aromatic heterocycles. The fourth-order valence-corrected chi connectivity index (χ4v) is 5.78. The van der Waals surface area contributed by atoms with Crippen molar-refractivity contribution in [2.24, 2.45) is 29.4 Å². The maximum atomic E-state index is 13.6. The Morgan fingerprint density at radius 3 is 2.30 bits per heavy atom. The number of phenols is 1. The summed E-state index contributed by atoms with van der Waals surface area (Å²) in [6, 6.07) is 1.39. The summed E-state index contributed by atoms with van der Waals surface area (Å²) in [4.78, 5) is 65.8. The molecule has 3 aliphatic rings. The molecule has 7 N–H and O–H groups in total. The van der Waals surface area contributed by atoms with E-state index in [4.69, 9.17) is 11.5 Å².